The lowest BCUT2D eigenvalue weighted by molar-refractivity contribution is 0.442. The number of halogens is 5. The van der Waals surface area contributed by atoms with E-state index in [0.717, 1.165) is 0 Å². The molecule has 0 heterocycles. The van der Waals surface area contributed by atoms with Crippen LogP contribution in [0.1, 0.15) is 18.0 Å². The van der Waals surface area contributed by atoms with Crippen LogP contribution in [-0.4, -0.2) is 6.67 Å². The van der Waals surface area contributed by atoms with E-state index >= 15 is 0 Å². The second-order valence-electron chi connectivity index (χ2n) is 2.87. The quantitative estimate of drug-likeness (QED) is 0.820. The van der Waals surface area contributed by atoms with Gasteiger partial charge in [-0.2, -0.15) is 0 Å². The molecule has 0 aromatic heterocycles. The molecule has 6 heteroatoms. The maximum absolute atomic E-state index is 12.1. The maximum Gasteiger partial charge on any atom is 0.0912 e. The Hall–Kier alpha value is 0.270. The average Bonchev–Trinajstić information content (AvgIpc) is 2.11. The van der Waals surface area contributed by atoms with Gasteiger partial charge in [0.05, 0.1) is 16.7 Å². The van der Waals surface area contributed by atoms with Crippen LogP contribution >= 0.6 is 47.2 Å². The molecule has 1 atom stereocenters. The van der Waals surface area contributed by atoms with Crippen LogP contribution in [-0.2, 0) is 0 Å². The molecule has 15 heavy (non-hydrogen) atoms. The van der Waals surface area contributed by atoms with E-state index in [2.05, 4.69) is 0 Å². The monoisotopic (exact) mass is 291 g/mol. The highest BCUT2D eigenvalue weighted by Gasteiger charge is 2.13. The highest BCUT2D eigenvalue weighted by molar-refractivity contribution is 6.43. The van der Waals surface area contributed by atoms with Crippen LogP contribution in [0.5, 0.6) is 0 Å². The van der Waals surface area contributed by atoms with Gasteiger partial charge in [-0.25, -0.2) is 0 Å². The summed E-state index contributed by atoms with van der Waals surface area (Å²) in [5, 5.41) is 1.13. The smallest absolute Gasteiger partial charge is 0.0912 e. The summed E-state index contributed by atoms with van der Waals surface area (Å²) in [4.78, 5) is 0. The van der Waals surface area contributed by atoms with Crippen LogP contribution in [0, 0.1) is 0 Å². The Balaban J connectivity index is 0.00000196. The molecule has 0 aliphatic rings. The van der Waals surface area contributed by atoms with Gasteiger partial charge >= 0.3 is 0 Å². The van der Waals surface area contributed by atoms with Crippen LogP contribution in [0.15, 0.2) is 12.1 Å². The lowest BCUT2D eigenvalue weighted by atomic mass is 10.1. The molecule has 0 aliphatic carbocycles. The Morgan fingerprint density at radius 3 is 2.40 bits per heavy atom. The minimum Gasteiger partial charge on any atom is -0.324 e. The number of rotatable bonds is 3. The fourth-order valence-electron chi connectivity index (χ4n) is 1.12. The van der Waals surface area contributed by atoms with Gasteiger partial charge in [-0.05, 0) is 24.1 Å². The second-order valence-corrected chi connectivity index (χ2v) is 4.10. The zero-order valence-corrected chi connectivity index (χ0v) is 10.7. The van der Waals surface area contributed by atoms with E-state index in [4.69, 9.17) is 40.5 Å². The summed E-state index contributed by atoms with van der Waals surface area (Å²) < 4.78 is 12.1. The number of nitrogens with two attached hydrogens (primary N) is 1. The number of hydrogen-bond donors (Lipinski definition) is 1. The second kappa shape index (κ2) is 6.77. The van der Waals surface area contributed by atoms with E-state index in [0.29, 0.717) is 20.6 Å². The molecule has 0 saturated carbocycles. The Kier molecular flexibility index (Phi) is 6.89. The third-order valence-electron chi connectivity index (χ3n) is 1.84. The molecule has 0 spiro atoms. The molecule has 2 N–H and O–H groups in total. The SMILES string of the molecule is Cl.N[C@@H](CCF)c1cc(Cl)cc(Cl)c1Cl. The van der Waals surface area contributed by atoms with Gasteiger partial charge in [0, 0.05) is 11.1 Å². The highest BCUT2D eigenvalue weighted by atomic mass is 35.5. The number of hydrogen-bond acceptors (Lipinski definition) is 1. The molecule has 0 saturated heterocycles. The van der Waals surface area contributed by atoms with Crippen molar-refractivity contribution in [3.8, 4) is 0 Å². The van der Waals surface area contributed by atoms with Gasteiger partial charge in [-0.15, -0.1) is 12.4 Å². The number of alkyl halides is 1. The molecule has 86 valence electrons. The summed E-state index contributed by atoms with van der Waals surface area (Å²) in [7, 11) is 0. The van der Waals surface area contributed by atoms with E-state index < -0.39 is 12.7 Å². The zero-order valence-electron chi connectivity index (χ0n) is 7.64. The topological polar surface area (TPSA) is 26.0 Å². The van der Waals surface area contributed by atoms with E-state index in [1.807, 2.05) is 0 Å². The first-order chi connectivity index (χ1) is 6.56. The van der Waals surface area contributed by atoms with Gasteiger partial charge in [0.25, 0.3) is 0 Å². The molecule has 0 bridgehead atoms. The van der Waals surface area contributed by atoms with Crippen molar-refractivity contribution in [1.82, 2.24) is 0 Å². The first-order valence-electron chi connectivity index (χ1n) is 4.02. The van der Waals surface area contributed by atoms with Crippen molar-refractivity contribution in [1.29, 1.82) is 0 Å². The molecule has 1 aromatic rings. The van der Waals surface area contributed by atoms with Gasteiger partial charge in [-0.3, -0.25) is 4.39 Å². The normalized spacial score (nSPS) is 12.1. The minimum atomic E-state index is -0.498. The third-order valence-corrected chi connectivity index (χ3v) is 2.88. The lowest BCUT2D eigenvalue weighted by Crippen LogP contribution is -2.11. The highest BCUT2D eigenvalue weighted by Crippen LogP contribution is 2.33. The van der Waals surface area contributed by atoms with Gasteiger partial charge < -0.3 is 5.73 Å². The van der Waals surface area contributed by atoms with Crippen molar-refractivity contribution < 1.29 is 4.39 Å². The van der Waals surface area contributed by atoms with Crippen molar-refractivity contribution in [3.05, 3.63) is 32.8 Å². The van der Waals surface area contributed by atoms with Crippen LogP contribution < -0.4 is 5.73 Å². The Morgan fingerprint density at radius 1 is 1.27 bits per heavy atom. The van der Waals surface area contributed by atoms with Gasteiger partial charge in [0.2, 0.25) is 0 Å². The van der Waals surface area contributed by atoms with Crippen molar-refractivity contribution in [3.63, 3.8) is 0 Å². The first kappa shape index (κ1) is 15.3. The summed E-state index contributed by atoms with van der Waals surface area (Å²) in [5.74, 6) is 0. The summed E-state index contributed by atoms with van der Waals surface area (Å²) in [6.07, 6.45) is 0.205. The third kappa shape index (κ3) is 3.97. The summed E-state index contributed by atoms with van der Waals surface area (Å²) in [5.41, 5.74) is 6.29. The van der Waals surface area contributed by atoms with Crippen LogP contribution in [0.4, 0.5) is 4.39 Å². The van der Waals surface area contributed by atoms with E-state index in [9.17, 15) is 4.39 Å². The summed E-state index contributed by atoms with van der Waals surface area (Å²) >= 11 is 17.5. The Morgan fingerprint density at radius 2 is 1.87 bits per heavy atom. The van der Waals surface area contributed by atoms with Crippen LogP contribution in [0.3, 0.4) is 0 Å². The molecule has 0 amide bonds. The molecular weight excluding hydrogens is 283 g/mol. The van der Waals surface area contributed by atoms with Gasteiger partial charge in [0.15, 0.2) is 0 Å². The standard InChI is InChI=1S/C9H9Cl3FN.ClH/c10-5-3-6(8(14)1-2-13)9(12)7(11)4-5;/h3-4,8H,1-2,14H2;1H/t8-;/m0./s1. The predicted octanol–water partition coefficient (Wildman–Crippen LogP) is 4.43. The molecule has 1 aromatic carbocycles. The van der Waals surface area contributed by atoms with E-state index in [1.165, 1.54) is 6.07 Å². The maximum atomic E-state index is 12.1. The summed E-state index contributed by atoms with van der Waals surface area (Å²) in [6.45, 7) is -0.498. The lowest BCUT2D eigenvalue weighted by Gasteiger charge is -2.13. The first-order valence-corrected chi connectivity index (χ1v) is 5.15. The molecule has 1 rings (SSSR count). The molecule has 0 aliphatic heterocycles. The largest absolute Gasteiger partial charge is 0.324 e. The minimum absolute atomic E-state index is 0. The van der Waals surface area contributed by atoms with Gasteiger partial charge in [-0.1, -0.05) is 34.8 Å². The number of benzene rings is 1. The predicted molar refractivity (Wildman–Crippen MR) is 66.2 cm³/mol. The van der Waals surface area contributed by atoms with Gasteiger partial charge in [0.1, 0.15) is 0 Å². The Bertz CT molecular complexity index is 332. The molecule has 0 radical (unpaired) electrons. The molecular formula is C9H10Cl4FN. The van der Waals surface area contributed by atoms with Crippen molar-refractivity contribution in [2.45, 2.75) is 12.5 Å². The fourth-order valence-corrected chi connectivity index (χ4v) is 1.88. The fraction of sp³-hybridized carbons (Fsp3) is 0.333. The van der Waals surface area contributed by atoms with Crippen molar-refractivity contribution >= 4 is 47.2 Å². The van der Waals surface area contributed by atoms with Crippen LogP contribution in [0.2, 0.25) is 15.1 Å². The Labute approximate surface area is 109 Å². The summed E-state index contributed by atoms with van der Waals surface area (Å²) in [6, 6.07) is 2.66. The van der Waals surface area contributed by atoms with Crippen LogP contribution in [0.25, 0.3) is 0 Å². The van der Waals surface area contributed by atoms with Crippen molar-refractivity contribution in [2.24, 2.45) is 5.73 Å². The molecule has 0 unspecified atom stereocenters. The van der Waals surface area contributed by atoms with Crippen molar-refractivity contribution in [2.75, 3.05) is 6.67 Å². The molecule has 0 fully saturated rings. The molecule has 1 nitrogen and oxygen atoms in total. The van der Waals surface area contributed by atoms with E-state index in [-0.39, 0.29) is 18.8 Å². The van der Waals surface area contributed by atoms with E-state index in [1.54, 1.807) is 6.07 Å². The zero-order chi connectivity index (χ0) is 10.7. The average molecular weight is 293 g/mol.